The predicted molar refractivity (Wildman–Crippen MR) is 114 cm³/mol. The smallest absolute Gasteiger partial charge is 0.459 e. The van der Waals surface area contributed by atoms with E-state index in [9.17, 15) is 9.59 Å². The van der Waals surface area contributed by atoms with Crippen molar-refractivity contribution in [2.75, 3.05) is 0 Å². The van der Waals surface area contributed by atoms with E-state index in [1.165, 1.54) is 6.92 Å². The molecule has 1 aromatic carbocycles. The van der Waals surface area contributed by atoms with Gasteiger partial charge in [0.05, 0.1) is 11.2 Å². The SMILES string of the molecule is CC(=O)c1cn(CC(=O)OC(C)(C)C)c2ccc(B3OC(C)(C)C(C)(C)O3)cc12. The number of benzene rings is 1. The van der Waals surface area contributed by atoms with E-state index in [0.717, 1.165) is 16.4 Å². The van der Waals surface area contributed by atoms with Gasteiger partial charge in [0, 0.05) is 22.7 Å². The Morgan fingerprint density at radius 1 is 1.10 bits per heavy atom. The second kappa shape index (κ2) is 6.99. The number of nitrogens with zero attached hydrogens (tertiary/aromatic N) is 1. The maximum Gasteiger partial charge on any atom is 0.494 e. The molecule has 1 aliphatic heterocycles. The number of hydrogen-bond donors (Lipinski definition) is 0. The Bertz CT molecular complexity index is 951. The van der Waals surface area contributed by atoms with Crippen LogP contribution in [0.2, 0.25) is 0 Å². The first-order valence-corrected chi connectivity index (χ1v) is 9.91. The summed E-state index contributed by atoms with van der Waals surface area (Å²) in [5.74, 6) is -0.413. The van der Waals surface area contributed by atoms with Gasteiger partial charge in [0.25, 0.3) is 0 Å². The summed E-state index contributed by atoms with van der Waals surface area (Å²) in [6, 6.07) is 5.73. The zero-order valence-corrected chi connectivity index (χ0v) is 18.6. The highest BCUT2D eigenvalue weighted by molar-refractivity contribution is 6.62. The molecule has 2 heterocycles. The Hall–Kier alpha value is -2.12. The normalized spacial score (nSPS) is 18.3. The number of rotatable bonds is 4. The first kappa shape index (κ1) is 21.6. The fraction of sp³-hybridized carbons (Fsp3) is 0.545. The standard InChI is InChI=1S/C22H30BNO5/c1-14(25)17-12-24(13-19(26)27-20(2,3)4)18-10-9-15(11-16(17)18)23-28-21(5,6)22(7,8)29-23/h9-12H,13H2,1-8H3. The molecule has 0 amide bonds. The summed E-state index contributed by atoms with van der Waals surface area (Å²) >= 11 is 0. The number of hydrogen-bond acceptors (Lipinski definition) is 5. The van der Waals surface area contributed by atoms with Crippen LogP contribution in [0, 0.1) is 0 Å². The number of Topliss-reactive ketones (excluding diaryl/α,β-unsaturated/α-hetero) is 1. The summed E-state index contributed by atoms with van der Waals surface area (Å²) in [5.41, 5.74) is 0.738. The molecule has 0 N–H and O–H groups in total. The van der Waals surface area contributed by atoms with E-state index in [0.29, 0.717) is 5.56 Å². The quantitative estimate of drug-likeness (QED) is 0.447. The van der Waals surface area contributed by atoms with Crippen molar-refractivity contribution >= 4 is 35.2 Å². The van der Waals surface area contributed by atoms with Crippen LogP contribution in [0.3, 0.4) is 0 Å². The van der Waals surface area contributed by atoms with Crippen LogP contribution >= 0.6 is 0 Å². The lowest BCUT2D eigenvalue weighted by atomic mass is 9.78. The Labute approximate surface area is 172 Å². The third-order valence-electron chi connectivity index (χ3n) is 5.53. The van der Waals surface area contributed by atoms with Crippen molar-refractivity contribution in [1.82, 2.24) is 4.57 Å². The number of esters is 1. The Kier molecular flexibility index (Phi) is 5.20. The van der Waals surface area contributed by atoms with Crippen molar-refractivity contribution in [3.05, 3.63) is 30.0 Å². The number of ketones is 1. The van der Waals surface area contributed by atoms with Crippen LogP contribution in [0.1, 0.15) is 65.7 Å². The van der Waals surface area contributed by atoms with Crippen molar-refractivity contribution < 1.29 is 23.6 Å². The number of ether oxygens (including phenoxy) is 1. The molecule has 1 aliphatic rings. The second-order valence-electron chi connectivity index (χ2n) is 9.68. The van der Waals surface area contributed by atoms with Crippen LogP contribution in [0.15, 0.2) is 24.4 Å². The van der Waals surface area contributed by atoms with Crippen molar-refractivity contribution in [2.45, 2.75) is 78.7 Å². The fourth-order valence-electron chi connectivity index (χ4n) is 3.36. The van der Waals surface area contributed by atoms with Crippen LogP contribution in [0.25, 0.3) is 10.9 Å². The highest BCUT2D eigenvalue weighted by Crippen LogP contribution is 2.36. The molecule has 156 valence electrons. The molecular formula is C22H30BNO5. The van der Waals surface area contributed by atoms with Gasteiger partial charge in [-0.1, -0.05) is 12.1 Å². The molecule has 1 saturated heterocycles. The van der Waals surface area contributed by atoms with E-state index in [2.05, 4.69) is 0 Å². The van der Waals surface area contributed by atoms with Gasteiger partial charge >= 0.3 is 13.1 Å². The molecule has 29 heavy (non-hydrogen) atoms. The Morgan fingerprint density at radius 3 is 2.21 bits per heavy atom. The number of fused-ring (bicyclic) bond motifs is 1. The largest absolute Gasteiger partial charge is 0.494 e. The molecule has 1 aromatic heterocycles. The number of aromatic nitrogens is 1. The minimum Gasteiger partial charge on any atom is -0.459 e. The molecule has 2 aromatic rings. The molecule has 3 rings (SSSR count). The van der Waals surface area contributed by atoms with Gasteiger partial charge in [-0.3, -0.25) is 9.59 Å². The predicted octanol–water partition coefficient (Wildman–Crippen LogP) is 3.48. The van der Waals surface area contributed by atoms with Gasteiger partial charge in [-0.05, 0) is 66.9 Å². The molecule has 0 spiro atoms. The van der Waals surface area contributed by atoms with Gasteiger partial charge in [0.1, 0.15) is 12.1 Å². The first-order chi connectivity index (χ1) is 13.2. The van der Waals surface area contributed by atoms with Gasteiger partial charge in [0.15, 0.2) is 5.78 Å². The third-order valence-corrected chi connectivity index (χ3v) is 5.53. The molecule has 0 saturated carbocycles. The van der Waals surface area contributed by atoms with Gasteiger partial charge in [-0.15, -0.1) is 0 Å². The lowest BCUT2D eigenvalue weighted by Gasteiger charge is -2.32. The highest BCUT2D eigenvalue weighted by atomic mass is 16.7. The van der Waals surface area contributed by atoms with Crippen molar-refractivity contribution in [1.29, 1.82) is 0 Å². The second-order valence-corrected chi connectivity index (χ2v) is 9.68. The number of carbonyl (C=O) groups is 2. The van der Waals surface area contributed by atoms with Crippen LogP contribution < -0.4 is 5.46 Å². The molecule has 1 fully saturated rings. The minimum absolute atomic E-state index is 0.0386. The topological polar surface area (TPSA) is 66.8 Å². The van der Waals surface area contributed by atoms with Crippen molar-refractivity contribution in [2.24, 2.45) is 0 Å². The van der Waals surface area contributed by atoms with Gasteiger partial charge in [0.2, 0.25) is 0 Å². The maximum absolute atomic E-state index is 12.3. The summed E-state index contributed by atoms with van der Waals surface area (Å²) in [7, 11) is -0.515. The average molecular weight is 399 g/mol. The first-order valence-electron chi connectivity index (χ1n) is 9.91. The average Bonchev–Trinajstić information content (AvgIpc) is 3.00. The summed E-state index contributed by atoms with van der Waals surface area (Å²) in [6.45, 7) is 15.1. The summed E-state index contributed by atoms with van der Waals surface area (Å²) in [5, 5.41) is 0.772. The zero-order chi connectivity index (χ0) is 21.8. The summed E-state index contributed by atoms with van der Waals surface area (Å²) < 4.78 is 19.5. The van der Waals surface area contributed by atoms with E-state index in [1.54, 1.807) is 10.8 Å². The molecular weight excluding hydrogens is 369 g/mol. The van der Waals surface area contributed by atoms with Gasteiger partial charge in [-0.2, -0.15) is 0 Å². The molecule has 0 unspecified atom stereocenters. The fourth-order valence-corrected chi connectivity index (χ4v) is 3.36. The molecule has 0 bridgehead atoms. The number of carbonyl (C=O) groups excluding carboxylic acids is 2. The van der Waals surface area contributed by atoms with Crippen LogP contribution in [0.5, 0.6) is 0 Å². The Morgan fingerprint density at radius 2 is 1.69 bits per heavy atom. The summed E-state index contributed by atoms with van der Waals surface area (Å²) in [4.78, 5) is 24.5. The van der Waals surface area contributed by atoms with Crippen LogP contribution in [0.4, 0.5) is 0 Å². The van der Waals surface area contributed by atoms with Gasteiger partial charge in [-0.25, -0.2) is 0 Å². The molecule has 0 atom stereocenters. The lowest BCUT2D eigenvalue weighted by Crippen LogP contribution is -2.41. The molecule has 0 radical (unpaired) electrons. The molecule has 7 heteroatoms. The van der Waals surface area contributed by atoms with Crippen molar-refractivity contribution in [3.63, 3.8) is 0 Å². The minimum atomic E-state index is -0.562. The maximum atomic E-state index is 12.3. The lowest BCUT2D eigenvalue weighted by molar-refractivity contribution is -0.155. The Balaban J connectivity index is 1.98. The van der Waals surface area contributed by atoms with Crippen molar-refractivity contribution in [3.8, 4) is 0 Å². The van der Waals surface area contributed by atoms with Crippen LogP contribution in [-0.2, 0) is 25.4 Å². The van der Waals surface area contributed by atoms with Gasteiger partial charge < -0.3 is 18.6 Å². The van der Waals surface area contributed by atoms with Crippen LogP contribution in [-0.4, -0.2) is 40.2 Å². The monoisotopic (exact) mass is 399 g/mol. The zero-order valence-electron chi connectivity index (χ0n) is 18.6. The molecule has 0 aliphatic carbocycles. The van der Waals surface area contributed by atoms with E-state index < -0.39 is 23.9 Å². The third kappa shape index (κ3) is 4.26. The van der Waals surface area contributed by atoms with E-state index in [4.69, 9.17) is 14.0 Å². The van der Waals surface area contributed by atoms with E-state index >= 15 is 0 Å². The van der Waals surface area contributed by atoms with E-state index in [1.807, 2.05) is 66.7 Å². The highest BCUT2D eigenvalue weighted by Gasteiger charge is 2.51. The molecule has 6 nitrogen and oxygen atoms in total. The summed E-state index contributed by atoms with van der Waals surface area (Å²) in [6.07, 6.45) is 1.71. The van der Waals surface area contributed by atoms with E-state index in [-0.39, 0.29) is 18.3 Å².